The van der Waals surface area contributed by atoms with Crippen LogP contribution < -0.4 is 4.74 Å². The maximum Gasteiger partial charge on any atom is 0.257 e. The smallest absolute Gasteiger partial charge is 0.257 e. The van der Waals surface area contributed by atoms with Gasteiger partial charge in [0.25, 0.3) is 5.91 Å². The second-order valence-electron chi connectivity index (χ2n) is 8.52. The molecule has 2 rings (SSSR count). The van der Waals surface area contributed by atoms with E-state index in [9.17, 15) is 9.59 Å². The molecule has 0 N–H and O–H groups in total. The zero-order chi connectivity index (χ0) is 19.5. The fourth-order valence-electron chi connectivity index (χ4n) is 3.14. The topological polar surface area (TPSA) is 49.9 Å². The van der Waals surface area contributed by atoms with Gasteiger partial charge in [-0.05, 0) is 29.0 Å². The molecule has 2 amide bonds. The van der Waals surface area contributed by atoms with Gasteiger partial charge in [0.1, 0.15) is 5.75 Å². The zero-order valence-corrected chi connectivity index (χ0v) is 17.0. The molecule has 1 saturated heterocycles. The maximum atomic E-state index is 12.9. The number of piperazine rings is 1. The standard InChI is InChI=1S/C21H32N2O3/c1-15(2)16-7-8-17(18(13-16)26-6)20(25)23-11-9-22(10-12-23)19(24)14-21(3,4)5/h7-8,13,15H,9-12,14H2,1-6H3. The van der Waals surface area contributed by atoms with E-state index in [1.54, 1.807) is 7.11 Å². The van der Waals surface area contributed by atoms with Crippen molar-refractivity contribution >= 4 is 11.8 Å². The van der Waals surface area contributed by atoms with E-state index in [1.165, 1.54) is 0 Å². The van der Waals surface area contributed by atoms with E-state index in [-0.39, 0.29) is 17.2 Å². The van der Waals surface area contributed by atoms with Crippen LogP contribution in [-0.4, -0.2) is 54.9 Å². The van der Waals surface area contributed by atoms with Gasteiger partial charge in [0.2, 0.25) is 5.91 Å². The molecular formula is C21H32N2O3. The minimum atomic E-state index is -0.0277. The number of nitrogens with zero attached hydrogens (tertiary/aromatic N) is 2. The number of amides is 2. The third kappa shape index (κ3) is 4.99. The van der Waals surface area contributed by atoms with E-state index < -0.39 is 0 Å². The molecule has 5 heteroatoms. The summed E-state index contributed by atoms with van der Waals surface area (Å²) in [6, 6.07) is 5.79. The van der Waals surface area contributed by atoms with Crippen molar-refractivity contribution in [3.63, 3.8) is 0 Å². The van der Waals surface area contributed by atoms with Crippen LogP contribution in [0.15, 0.2) is 18.2 Å². The van der Waals surface area contributed by atoms with E-state index in [4.69, 9.17) is 4.74 Å². The van der Waals surface area contributed by atoms with Crippen molar-refractivity contribution in [1.82, 2.24) is 9.80 Å². The molecule has 0 spiro atoms. The average molecular weight is 360 g/mol. The zero-order valence-electron chi connectivity index (χ0n) is 17.0. The average Bonchev–Trinajstić information content (AvgIpc) is 2.59. The Hall–Kier alpha value is -2.04. The molecule has 0 radical (unpaired) electrons. The summed E-state index contributed by atoms with van der Waals surface area (Å²) in [7, 11) is 1.60. The van der Waals surface area contributed by atoms with Gasteiger partial charge in [0, 0.05) is 32.6 Å². The number of ether oxygens (including phenoxy) is 1. The summed E-state index contributed by atoms with van der Waals surface area (Å²) in [6.07, 6.45) is 0.533. The summed E-state index contributed by atoms with van der Waals surface area (Å²) >= 11 is 0. The fraction of sp³-hybridized carbons (Fsp3) is 0.619. The minimum Gasteiger partial charge on any atom is -0.496 e. The number of benzene rings is 1. The lowest BCUT2D eigenvalue weighted by molar-refractivity contribution is -0.134. The molecule has 0 bridgehead atoms. The predicted molar refractivity (Wildman–Crippen MR) is 104 cm³/mol. The van der Waals surface area contributed by atoms with Crippen LogP contribution in [0.2, 0.25) is 0 Å². The monoisotopic (exact) mass is 360 g/mol. The molecule has 1 aliphatic rings. The molecule has 0 aliphatic carbocycles. The number of rotatable bonds is 4. The maximum absolute atomic E-state index is 12.9. The Labute approximate surface area is 157 Å². The van der Waals surface area contributed by atoms with E-state index in [0.29, 0.717) is 49.8 Å². The van der Waals surface area contributed by atoms with Gasteiger partial charge in [-0.3, -0.25) is 9.59 Å². The molecule has 26 heavy (non-hydrogen) atoms. The van der Waals surface area contributed by atoms with E-state index in [2.05, 4.69) is 34.6 Å². The molecule has 1 heterocycles. The first-order valence-corrected chi connectivity index (χ1v) is 9.37. The third-order valence-electron chi connectivity index (χ3n) is 4.72. The molecule has 0 unspecified atom stereocenters. The van der Waals surface area contributed by atoms with Gasteiger partial charge in [-0.1, -0.05) is 40.7 Å². The van der Waals surface area contributed by atoms with Crippen LogP contribution in [0, 0.1) is 5.41 Å². The Bertz CT molecular complexity index is 654. The van der Waals surface area contributed by atoms with Crippen molar-refractivity contribution in [2.75, 3.05) is 33.3 Å². The van der Waals surface area contributed by atoms with E-state index >= 15 is 0 Å². The Balaban J connectivity index is 2.03. The molecule has 0 atom stereocenters. The number of methoxy groups -OCH3 is 1. The number of hydrogen-bond donors (Lipinski definition) is 0. The molecule has 144 valence electrons. The number of carbonyl (C=O) groups is 2. The molecule has 5 nitrogen and oxygen atoms in total. The summed E-state index contributed by atoms with van der Waals surface area (Å²) in [4.78, 5) is 29.0. The lowest BCUT2D eigenvalue weighted by Crippen LogP contribution is -2.51. The van der Waals surface area contributed by atoms with Crippen molar-refractivity contribution in [3.05, 3.63) is 29.3 Å². The highest BCUT2D eigenvalue weighted by molar-refractivity contribution is 5.97. The second-order valence-corrected chi connectivity index (χ2v) is 8.52. The van der Waals surface area contributed by atoms with Crippen LogP contribution >= 0.6 is 0 Å². The largest absolute Gasteiger partial charge is 0.496 e. The Morgan fingerprint density at radius 1 is 1.08 bits per heavy atom. The van der Waals surface area contributed by atoms with Crippen LogP contribution in [0.3, 0.4) is 0 Å². The second kappa shape index (κ2) is 8.11. The molecule has 1 aromatic carbocycles. The van der Waals surface area contributed by atoms with Crippen molar-refractivity contribution in [2.24, 2.45) is 5.41 Å². The minimum absolute atomic E-state index is 0.0183. The molecule has 1 aromatic rings. The summed E-state index contributed by atoms with van der Waals surface area (Å²) in [5.74, 6) is 1.14. The third-order valence-corrected chi connectivity index (χ3v) is 4.72. The lowest BCUT2D eigenvalue weighted by atomic mass is 9.91. The first kappa shape index (κ1) is 20.3. The molecule has 1 aliphatic heterocycles. The fourth-order valence-corrected chi connectivity index (χ4v) is 3.14. The van der Waals surface area contributed by atoms with Crippen molar-refractivity contribution in [2.45, 2.75) is 47.0 Å². The molecule has 1 fully saturated rings. The van der Waals surface area contributed by atoms with Crippen LogP contribution in [0.5, 0.6) is 5.75 Å². The molecule has 0 saturated carbocycles. The van der Waals surface area contributed by atoms with Crippen molar-refractivity contribution in [1.29, 1.82) is 0 Å². The highest BCUT2D eigenvalue weighted by atomic mass is 16.5. The number of carbonyl (C=O) groups excluding carboxylic acids is 2. The van der Waals surface area contributed by atoms with Crippen molar-refractivity contribution in [3.8, 4) is 5.75 Å². The normalized spacial score (nSPS) is 15.3. The van der Waals surface area contributed by atoms with Gasteiger partial charge in [0.15, 0.2) is 0 Å². The molecule has 0 aromatic heterocycles. The Kier molecular flexibility index (Phi) is 6.32. The van der Waals surface area contributed by atoms with Gasteiger partial charge in [-0.15, -0.1) is 0 Å². The Morgan fingerprint density at radius 3 is 2.15 bits per heavy atom. The van der Waals surface area contributed by atoms with Crippen LogP contribution in [0.4, 0.5) is 0 Å². The summed E-state index contributed by atoms with van der Waals surface area (Å²) in [6.45, 7) is 12.7. The molecular weight excluding hydrogens is 328 g/mol. The van der Waals surface area contributed by atoms with Crippen LogP contribution in [-0.2, 0) is 4.79 Å². The van der Waals surface area contributed by atoms with Gasteiger partial charge in [0.05, 0.1) is 12.7 Å². The Morgan fingerprint density at radius 2 is 1.65 bits per heavy atom. The highest BCUT2D eigenvalue weighted by Crippen LogP contribution is 2.26. The summed E-state index contributed by atoms with van der Waals surface area (Å²) < 4.78 is 5.45. The van der Waals surface area contributed by atoms with Gasteiger partial charge in [-0.25, -0.2) is 0 Å². The highest BCUT2D eigenvalue weighted by Gasteiger charge is 2.28. The first-order valence-electron chi connectivity index (χ1n) is 9.37. The van der Waals surface area contributed by atoms with E-state index in [0.717, 1.165) is 5.56 Å². The van der Waals surface area contributed by atoms with Gasteiger partial charge in [-0.2, -0.15) is 0 Å². The SMILES string of the molecule is COc1cc(C(C)C)ccc1C(=O)N1CCN(C(=O)CC(C)(C)C)CC1. The quantitative estimate of drug-likeness (QED) is 0.825. The van der Waals surface area contributed by atoms with Gasteiger partial charge < -0.3 is 14.5 Å². The summed E-state index contributed by atoms with van der Waals surface area (Å²) in [5, 5.41) is 0. The van der Waals surface area contributed by atoms with Crippen molar-refractivity contribution < 1.29 is 14.3 Å². The van der Waals surface area contributed by atoms with Gasteiger partial charge >= 0.3 is 0 Å². The van der Waals surface area contributed by atoms with E-state index in [1.807, 2.05) is 28.0 Å². The number of hydrogen-bond acceptors (Lipinski definition) is 3. The summed E-state index contributed by atoms with van der Waals surface area (Å²) in [5.41, 5.74) is 1.72. The first-order chi connectivity index (χ1) is 12.1. The lowest BCUT2D eigenvalue weighted by Gasteiger charge is -2.36. The predicted octanol–water partition coefficient (Wildman–Crippen LogP) is 3.54. The van der Waals surface area contributed by atoms with Crippen LogP contribution in [0.1, 0.15) is 62.9 Å². The van der Waals surface area contributed by atoms with Crippen LogP contribution in [0.25, 0.3) is 0 Å².